The molecule has 0 amide bonds. The molecule has 2 spiro atoms. The Morgan fingerprint density at radius 1 is 1.23 bits per heavy atom. The predicted octanol–water partition coefficient (Wildman–Crippen LogP) is 3.08. The van der Waals surface area contributed by atoms with Gasteiger partial charge in [-0.3, -0.25) is 0 Å². The summed E-state index contributed by atoms with van der Waals surface area (Å²) in [6.07, 6.45) is 7.39. The molecule has 0 unspecified atom stereocenters. The maximum Gasteiger partial charge on any atom is 0.166 e. The number of methoxy groups -OCH3 is 2. The summed E-state index contributed by atoms with van der Waals surface area (Å²) in [6.45, 7) is 7.10. The van der Waals surface area contributed by atoms with Crippen LogP contribution in [0.15, 0.2) is 24.3 Å². The summed E-state index contributed by atoms with van der Waals surface area (Å²) in [4.78, 5) is 2.54. The summed E-state index contributed by atoms with van der Waals surface area (Å²) in [5.41, 5.74) is 0.319. The molecule has 5 heteroatoms. The number of ether oxygens (including phenoxy) is 3. The van der Waals surface area contributed by atoms with Gasteiger partial charge < -0.3 is 24.2 Å². The minimum Gasteiger partial charge on any atom is -0.493 e. The van der Waals surface area contributed by atoms with Crippen LogP contribution in [-0.4, -0.2) is 61.2 Å². The van der Waals surface area contributed by atoms with Crippen molar-refractivity contribution in [2.45, 2.75) is 68.8 Å². The molecule has 0 aromatic heterocycles. The topological polar surface area (TPSA) is 51.2 Å². The second kappa shape index (κ2) is 5.25. The average Bonchev–Trinajstić information content (AvgIpc) is 3.06. The number of rotatable bonds is 3. The van der Waals surface area contributed by atoms with Gasteiger partial charge in [-0.2, -0.15) is 0 Å². The lowest BCUT2D eigenvalue weighted by molar-refractivity contribution is -0.284. The van der Waals surface area contributed by atoms with Gasteiger partial charge in [0.15, 0.2) is 11.5 Å². The van der Waals surface area contributed by atoms with Crippen LogP contribution in [0.1, 0.15) is 44.7 Å². The highest BCUT2D eigenvalue weighted by Gasteiger charge is 2.83. The number of hydrogen-bond donors (Lipinski definition) is 1. The molecule has 4 bridgehead atoms. The zero-order valence-electron chi connectivity index (χ0n) is 18.9. The Balaban J connectivity index is 1.73. The first-order chi connectivity index (χ1) is 14.1. The van der Waals surface area contributed by atoms with Crippen molar-refractivity contribution < 1.29 is 19.3 Å². The number of nitrogens with zero attached hydrogens (tertiary/aromatic N) is 1. The minimum atomic E-state index is -0.933. The van der Waals surface area contributed by atoms with E-state index < -0.39 is 16.6 Å². The Morgan fingerprint density at radius 3 is 2.67 bits per heavy atom. The van der Waals surface area contributed by atoms with Gasteiger partial charge in [0.05, 0.1) is 18.1 Å². The number of likely N-dealkylation sites (tertiary alicyclic amines) is 1. The standard InChI is InChI=1S/C25H33NO4/c1-21(2,27)22(3)14-23-9-10-25(22,29-6)20-24(23)11-12-26(4)17(23)13-15-7-8-16(28-5)19(30-20)18(15)24/h7-10,17,20,27H,11-14H2,1-6H3/t17-,20-,22-,23-,24+,25+/m1/s1. The zero-order chi connectivity index (χ0) is 21.3. The predicted molar refractivity (Wildman–Crippen MR) is 114 cm³/mol. The Morgan fingerprint density at radius 2 is 2.00 bits per heavy atom. The fourth-order valence-corrected chi connectivity index (χ4v) is 8.30. The number of piperidine rings is 1. The molecule has 5 nitrogen and oxygen atoms in total. The molecule has 1 N–H and O–H groups in total. The van der Waals surface area contributed by atoms with E-state index in [0.29, 0.717) is 6.04 Å². The quantitative estimate of drug-likeness (QED) is 0.775. The Bertz CT molecular complexity index is 982. The molecule has 1 saturated carbocycles. The molecule has 30 heavy (non-hydrogen) atoms. The molecular weight excluding hydrogens is 378 g/mol. The van der Waals surface area contributed by atoms with Gasteiger partial charge in [-0.25, -0.2) is 0 Å². The molecule has 6 aliphatic rings. The van der Waals surface area contributed by atoms with Gasteiger partial charge in [-0.15, -0.1) is 0 Å². The van der Waals surface area contributed by atoms with Crippen molar-refractivity contribution >= 4 is 0 Å². The van der Waals surface area contributed by atoms with Gasteiger partial charge in [-0.1, -0.05) is 25.1 Å². The van der Waals surface area contributed by atoms with Crippen LogP contribution >= 0.6 is 0 Å². The smallest absolute Gasteiger partial charge is 0.166 e. The van der Waals surface area contributed by atoms with Crippen molar-refractivity contribution in [3.8, 4) is 11.5 Å². The van der Waals surface area contributed by atoms with Crippen molar-refractivity contribution in [2.75, 3.05) is 27.8 Å². The van der Waals surface area contributed by atoms with Crippen LogP contribution in [0.3, 0.4) is 0 Å². The highest BCUT2D eigenvalue weighted by Crippen LogP contribution is 2.78. The lowest BCUT2D eigenvalue weighted by Crippen LogP contribution is -2.83. The van der Waals surface area contributed by atoms with Crippen LogP contribution in [0.2, 0.25) is 0 Å². The van der Waals surface area contributed by atoms with Gasteiger partial charge in [0.2, 0.25) is 0 Å². The van der Waals surface area contributed by atoms with E-state index >= 15 is 0 Å². The monoisotopic (exact) mass is 411 g/mol. The number of hydrogen-bond acceptors (Lipinski definition) is 5. The number of benzene rings is 1. The largest absolute Gasteiger partial charge is 0.493 e. The maximum atomic E-state index is 11.5. The normalized spacial score (nSPS) is 45.3. The summed E-state index contributed by atoms with van der Waals surface area (Å²) >= 11 is 0. The molecule has 1 saturated heterocycles. The third-order valence-corrected chi connectivity index (χ3v) is 10.0. The molecular formula is C25H33NO4. The van der Waals surface area contributed by atoms with E-state index in [2.05, 4.69) is 43.2 Å². The summed E-state index contributed by atoms with van der Waals surface area (Å²) in [6, 6.07) is 4.67. The molecule has 1 aromatic carbocycles. The summed E-state index contributed by atoms with van der Waals surface area (Å²) in [5, 5.41) is 11.5. The Kier molecular flexibility index (Phi) is 3.35. The van der Waals surface area contributed by atoms with Gasteiger partial charge in [0, 0.05) is 29.5 Å². The highest BCUT2D eigenvalue weighted by molar-refractivity contribution is 5.66. The lowest BCUT2D eigenvalue weighted by atomic mass is 9.33. The number of likely N-dealkylation sites (N-methyl/N-ethyl adjacent to an activating group) is 1. The minimum absolute atomic E-state index is 0.107. The third kappa shape index (κ3) is 1.63. The molecule has 0 radical (unpaired) electrons. The molecule has 2 fully saturated rings. The fourth-order valence-electron chi connectivity index (χ4n) is 8.30. The number of aliphatic hydroxyl groups is 1. The van der Waals surface area contributed by atoms with E-state index in [9.17, 15) is 5.11 Å². The van der Waals surface area contributed by atoms with E-state index in [-0.39, 0.29) is 16.9 Å². The van der Waals surface area contributed by atoms with Gasteiger partial charge >= 0.3 is 0 Å². The molecule has 2 aliphatic heterocycles. The molecule has 162 valence electrons. The summed E-state index contributed by atoms with van der Waals surface area (Å²) in [5.74, 6) is 1.71. The van der Waals surface area contributed by atoms with Gasteiger partial charge in [0.1, 0.15) is 11.7 Å². The maximum absolute atomic E-state index is 11.5. The van der Waals surface area contributed by atoms with Crippen LogP contribution in [0.5, 0.6) is 11.5 Å². The van der Waals surface area contributed by atoms with E-state index in [1.807, 2.05) is 13.8 Å². The van der Waals surface area contributed by atoms with E-state index in [1.165, 1.54) is 11.1 Å². The lowest BCUT2D eigenvalue weighted by Gasteiger charge is -2.75. The Labute approximate surface area is 179 Å². The summed E-state index contributed by atoms with van der Waals surface area (Å²) in [7, 11) is 5.76. The van der Waals surface area contributed by atoms with E-state index in [4.69, 9.17) is 14.2 Å². The van der Waals surface area contributed by atoms with Crippen molar-refractivity contribution in [3.05, 3.63) is 35.4 Å². The molecule has 7 rings (SSSR count). The fraction of sp³-hybridized carbons (Fsp3) is 0.680. The van der Waals surface area contributed by atoms with Crippen LogP contribution < -0.4 is 9.47 Å². The molecule has 2 heterocycles. The molecule has 1 aromatic rings. The SMILES string of the molecule is COc1ccc2c3c1O[C@H]1[C@@]4(OC)C=C[C@@]5(C[C@]4(C)C(C)(C)O)[C@@H](C2)N(C)CC[C@]315. The molecule has 4 aliphatic carbocycles. The van der Waals surface area contributed by atoms with Crippen LogP contribution in [0.25, 0.3) is 0 Å². The summed E-state index contributed by atoms with van der Waals surface area (Å²) < 4.78 is 19.1. The van der Waals surface area contributed by atoms with Gasteiger partial charge in [0.25, 0.3) is 0 Å². The van der Waals surface area contributed by atoms with Crippen LogP contribution in [0.4, 0.5) is 0 Å². The Hall–Kier alpha value is -1.56. The number of fused-ring (bicyclic) bond motifs is 1. The second-order valence-corrected chi connectivity index (χ2v) is 11.0. The first kappa shape index (κ1) is 19.1. The second-order valence-electron chi connectivity index (χ2n) is 11.0. The van der Waals surface area contributed by atoms with Crippen molar-refractivity contribution in [3.63, 3.8) is 0 Å². The van der Waals surface area contributed by atoms with Crippen molar-refractivity contribution in [1.82, 2.24) is 4.90 Å². The van der Waals surface area contributed by atoms with Crippen LogP contribution in [0, 0.1) is 10.8 Å². The van der Waals surface area contributed by atoms with E-state index in [1.54, 1.807) is 14.2 Å². The van der Waals surface area contributed by atoms with E-state index in [0.717, 1.165) is 37.3 Å². The zero-order valence-corrected chi connectivity index (χ0v) is 18.9. The molecule has 6 atom stereocenters. The third-order valence-electron chi connectivity index (χ3n) is 10.0. The highest BCUT2D eigenvalue weighted by atomic mass is 16.6. The van der Waals surface area contributed by atoms with Crippen LogP contribution in [-0.2, 0) is 16.6 Å². The van der Waals surface area contributed by atoms with Gasteiger partial charge in [-0.05, 0) is 58.3 Å². The average molecular weight is 412 g/mol. The van der Waals surface area contributed by atoms with Crippen molar-refractivity contribution in [2.24, 2.45) is 10.8 Å². The first-order valence-electron chi connectivity index (χ1n) is 11.2. The van der Waals surface area contributed by atoms with Crippen molar-refractivity contribution in [1.29, 1.82) is 0 Å². The first-order valence-corrected chi connectivity index (χ1v) is 11.2.